The average molecular weight is 1140 g/mol. The molecule has 0 spiro atoms. The maximum Gasteiger partial charge on any atom is 0.170 e. The van der Waals surface area contributed by atoms with Crippen molar-refractivity contribution in [1.82, 2.24) is 15.0 Å². The molecule has 3 aromatic heterocycles. The molecule has 0 atom stereocenters. The maximum absolute atomic E-state index is 13.0. The molecule has 0 saturated heterocycles. The molecule has 0 saturated carbocycles. The fourth-order valence-corrected chi connectivity index (χ4v) is 9.64. The lowest BCUT2D eigenvalue weighted by Crippen LogP contribution is -2.20. The highest BCUT2D eigenvalue weighted by Gasteiger charge is 2.14. The number of pyridine rings is 3. The molecule has 0 bridgehead atoms. The van der Waals surface area contributed by atoms with Crippen LogP contribution in [0.5, 0.6) is 0 Å². The summed E-state index contributed by atoms with van der Waals surface area (Å²) in [4.78, 5) is 22.7. The van der Waals surface area contributed by atoms with Gasteiger partial charge in [-0.1, -0.05) is 161 Å². The van der Waals surface area contributed by atoms with E-state index in [1.807, 2.05) is 161 Å². The molecular weight excluding hydrogens is 1060 g/mol. The molecule has 4 N–H and O–H groups in total. The standard InChI is InChI=1S/C12H9N.C11H9Cl.C11H9F.C10H13N.2C9H10N2O.C9H8N2.CH4/c1-9-6-10-4-2-3-5-11(10)7-12(9)8-13;1-8-2-3-10-7-11(12)5-4-9(10)6-8;1-8-6-9-4-2-3-5-10(9)7-11(8)12;1-8-6-7-9-4-2-3-5-10(9)11-8;1-6-2-3-8-7(4-6)5-12-11-9(8)10;1-6-2-3-7-5-12-11-9(10)8(7)4-6;1-7-4-5-8-3-2-6-10-9(8)11-7;/h2-7H,1H3;2*2-7H,1H3;6-7H,2-5H2,1H3;2*2-4H,5H2,1H3,(H2,10,11);2-6H,1H3;1H4. The summed E-state index contributed by atoms with van der Waals surface area (Å²) in [6, 6.07) is 62.2. The van der Waals surface area contributed by atoms with Gasteiger partial charge in [-0.05, 0) is 190 Å². The van der Waals surface area contributed by atoms with E-state index in [0.29, 0.717) is 30.4 Å². The molecule has 0 fully saturated rings. The summed E-state index contributed by atoms with van der Waals surface area (Å²) in [6.45, 7) is 15.0. The highest BCUT2D eigenvalue weighted by molar-refractivity contribution is 6.31. The lowest BCUT2D eigenvalue weighted by molar-refractivity contribution is 0.125. The van der Waals surface area contributed by atoms with Crippen molar-refractivity contribution in [3.63, 3.8) is 0 Å². The molecule has 0 amide bonds. The zero-order valence-corrected chi connectivity index (χ0v) is 48.8. The number of benzene rings is 8. The Labute approximate surface area is 498 Å². The highest BCUT2D eigenvalue weighted by atomic mass is 35.5. The Morgan fingerprint density at radius 1 is 0.488 bits per heavy atom. The number of aryl methyl sites for hydroxylation is 9. The normalized spacial score (nSPS) is 12.1. The van der Waals surface area contributed by atoms with Crippen molar-refractivity contribution in [3.05, 3.63) is 277 Å². The number of oxime groups is 2. The largest absolute Gasteiger partial charge is 0.389 e. The van der Waals surface area contributed by atoms with E-state index in [-0.39, 0.29) is 13.2 Å². The van der Waals surface area contributed by atoms with Crippen LogP contribution in [0.1, 0.15) is 98.5 Å². The van der Waals surface area contributed by atoms with Crippen molar-refractivity contribution in [2.45, 2.75) is 94.8 Å². The molecule has 5 heterocycles. The van der Waals surface area contributed by atoms with Gasteiger partial charge in [0.2, 0.25) is 0 Å². The second kappa shape index (κ2) is 30.0. The van der Waals surface area contributed by atoms with Crippen LogP contribution in [-0.2, 0) is 35.7 Å². The number of halogens is 2. The number of rotatable bonds is 0. The van der Waals surface area contributed by atoms with Crippen molar-refractivity contribution in [2.75, 3.05) is 0 Å². The Kier molecular flexibility index (Phi) is 22.2. The zero-order valence-electron chi connectivity index (χ0n) is 48.1. The van der Waals surface area contributed by atoms with Gasteiger partial charge in [0.25, 0.3) is 0 Å². The van der Waals surface area contributed by atoms with Crippen molar-refractivity contribution >= 4 is 66.6 Å². The molecule has 84 heavy (non-hydrogen) atoms. The van der Waals surface area contributed by atoms with E-state index in [9.17, 15) is 4.39 Å². The first kappa shape index (κ1) is 62.1. The molecule has 14 rings (SSSR count). The summed E-state index contributed by atoms with van der Waals surface area (Å²) in [5, 5.41) is 24.9. The molecule has 0 radical (unpaired) electrons. The second-order valence-corrected chi connectivity index (χ2v) is 21.1. The second-order valence-electron chi connectivity index (χ2n) is 20.7. The predicted octanol–water partition coefficient (Wildman–Crippen LogP) is 17.2. The zero-order chi connectivity index (χ0) is 58.8. The summed E-state index contributed by atoms with van der Waals surface area (Å²) in [6.07, 6.45) is 6.86. The van der Waals surface area contributed by atoms with Gasteiger partial charge in [-0.2, -0.15) is 5.26 Å². The van der Waals surface area contributed by atoms with Gasteiger partial charge in [-0.3, -0.25) is 4.98 Å². The average Bonchev–Trinajstić information content (AvgIpc) is 3.70. The van der Waals surface area contributed by atoms with E-state index in [0.717, 1.165) is 77.0 Å². The summed E-state index contributed by atoms with van der Waals surface area (Å²) in [5.74, 6) is 0.810. The van der Waals surface area contributed by atoms with E-state index < -0.39 is 0 Å². The minimum atomic E-state index is -0.131. The summed E-state index contributed by atoms with van der Waals surface area (Å²) in [5.41, 5.74) is 27.5. The Bertz CT molecular complexity index is 4090. The molecule has 12 heteroatoms. The monoisotopic (exact) mass is 1130 g/mol. The third-order valence-electron chi connectivity index (χ3n) is 14.0. The highest BCUT2D eigenvalue weighted by Crippen LogP contribution is 2.23. The van der Waals surface area contributed by atoms with Gasteiger partial charge < -0.3 is 21.1 Å². The fourth-order valence-electron chi connectivity index (χ4n) is 9.46. The summed E-state index contributed by atoms with van der Waals surface area (Å²) >= 11 is 5.86. The molecular formula is C72H72ClFN8O2. The van der Waals surface area contributed by atoms with Gasteiger partial charge in [-0.25, -0.2) is 14.4 Å². The van der Waals surface area contributed by atoms with Crippen LogP contribution < -0.4 is 11.5 Å². The van der Waals surface area contributed by atoms with E-state index in [1.165, 1.54) is 69.8 Å². The van der Waals surface area contributed by atoms with Crippen molar-refractivity contribution in [1.29, 1.82) is 5.26 Å². The van der Waals surface area contributed by atoms with Crippen LogP contribution in [0.15, 0.2) is 198 Å². The number of hydrogen-bond donors (Lipinski definition) is 2. The van der Waals surface area contributed by atoms with Crippen LogP contribution in [0.2, 0.25) is 5.02 Å². The Morgan fingerprint density at radius 3 is 1.74 bits per heavy atom. The molecule has 2 aliphatic heterocycles. The number of hydrogen-bond acceptors (Lipinski definition) is 10. The molecule has 10 nitrogen and oxygen atoms in total. The van der Waals surface area contributed by atoms with Gasteiger partial charge in [0.1, 0.15) is 19.0 Å². The minimum absolute atomic E-state index is 0. The Morgan fingerprint density at radius 2 is 1.01 bits per heavy atom. The lowest BCUT2D eigenvalue weighted by Gasteiger charge is -2.14. The van der Waals surface area contributed by atoms with E-state index in [1.54, 1.807) is 19.2 Å². The van der Waals surface area contributed by atoms with E-state index in [2.05, 4.69) is 87.6 Å². The number of aromatic nitrogens is 3. The third-order valence-corrected chi connectivity index (χ3v) is 14.2. The van der Waals surface area contributed by atoms with Crippen molar-refractivity contribution < 1.29 is 14.1 Å². The topological polar surface area (TPSA) is 158 Å². The van der Waals surface area contributed by atoms with Crippen LogP contribution >= 0.6 is 11.6 Å². The van der Waals surface area contributed by atoms with Crippen LogP contribution in [0.3, 0.4) is 0 Å². The SMILES string of the molecule is C.Cc1cc2ccccc2cc1C#N.Cc1cc2ccccc2cc1F.Cc1ccc2c(c1)C(N)=NOC2.Cc1ccc2c(c1)CON=C2N.Cc1ccc2c(n1)CCCC2.Cc1ccc2cc(Cl)ccc2c1.Cc1ccc2cccnc2n1. The number of nitriles is 1. The first-order valence-corrected chi connectivity index (χ1v) is 27.9. The summed E-state index contributed by atoms with van der Waals surface area (Å²) < 4.78 is 13.0. The van der Waals surface area contributed by atoms with Gasteiger partial charge in [0.05, 0.1) is 11.6 Å². The fraction of sp³-hybridized carbons (Fsp3) is 0.194. The van der Waals surface area contributed by atoms with Crippen LogP contribution in [0, 0.1) is 65.6 Å². The number of nitrogens with two attached hydrogens (primary N) is 2. The molecule has 3 aliphatic rings. The number of nitrogens with zero attached hydrogens (tertiary/aromatic N) is 6. The minimum Gasteiger partial charge on any atom is -0.389 e. The van der Waals surface area contributed by atoms with Crippen molar-refractivity contribution in [3.8, 4) is 6.07 Å². The molecule has 8 aromatic carbocycles. The van der Waals surface area contributed by atoms with Gasteiger partial charge in [0, 0.05) is 55.9 Å². The molecule has 1 aliphatic carbocycles. The predicted molar refractivity (Wildman–Crippen MR) is 346 cm³/mol. The molecule has 0 unspecified atom stereocenters. The number of amidine groups is 2. The number of fused-ring (bicyclic) bond motifs is 7. The first-order chi connectivity index (χ1) is 40.1. The van der Waals surface area contributed by atoms with Crippen LogP contribution in [-0.4, -0.2) is 26.6 Å². The van der Waals surface area contributed by atoms with E-state index in [4.69, 9.17) is 38.0 Å². The molecule has 426 valence electrons. The van der Waals surface area contributed by atoms with E-state index >= 15 is 0 Å². The maximum atomic E-state index is 13.0. The summed E-state index contributed by atoms with van der Waals surface area (Å²) in [7, 11) is 0. The third kappa shape index (κ3) is 17.3. The van der Waals surface area contributed by atoms with Gasteiger partial charge >= 0.3 is 0 Å². The van der Waals surface area contributed by atoms with Crippen LogP contribution in [0.4, 0.5) is 4.39 Å². The van der Waals surface area contributed by atoms with Gasteiger partial charge in [-0.15, -0.1) is 0 Å². The quantitative estimate of drug-likeness (QED) is 0.152. The molecule has 11 aromatic rings. The van der Waals surface area contributed by atoms with Gasteiger partial charge in [0.15, 0.2) is 17.3 Å². The smallest absolute Gasteiger partial charge is 0.170 e. The van der Waals surface area contributed by atoms with Crippen LogP contribution in [0.25, 0.3) is 43.4 Å². The Balaban J connectivity index is 0.000000140. The first-order valence-electron chi connectivity index (χ1n) is 27.6. The lowest BCUT2D eigenvalue weighted by atomic mass is 9.96. The Hall–Kier alpha value is -9.50. The van der Waals surface area contributed by atoms with Crippen molar-refractivity contribution in [2.24, 2.45) is 21.8 Å².